The van der Waals surface area contributed by atoms with E-state index in [0.29, 0.717) is 13.0 Å². The molecule has 0 bridgehead atoms. The van der Waals surface area contributed by atoms with Gasteiger partial charge in [-0.15, -0.1) is 0 Å². The van der Waals surface area contributed by atoms with Gasteiger partial charge in [-0.25, -0.2) is 4.57 Å². The zero-order valence-corrected chi connectivity index (χ0v) is 13.7. The maximum atomic E-state index is 11.9. The van der Waals surface area contributed by atoms with Gasteiger partial charge in [0.05, 0.1) is 6.42 Å². The summed E-state index contributed by atoms with van der Waals surface area (Å²) in [6.07, 6.45) is 4.34. The molecule has 0 atom stereocenters. The number of rotatable bonds is 4. The lowest BCUT2D eigenvalue weighted by Crippen LogP contribution is -3.00. The first-order valence-electron chi connectivity index (χ1n) is 6.60. The second kappa shape index (κ2) is 7.78. The average Bonchev–Trinajstić information content (AvgIpc) is 2.41. The lowest BCUT2D eigenvalue weighted by molar-refractivity contribution is -0.695. The Labute approximate surface area is 135 Å². The van der Waals surface area contributed by atoms with Gasteiger partial charge in [-0.1, -0.05) is 0 Å². The quantitative estimate of drug-likeness (QED) is 0.567. The Morgan fingerprint density at radius 2 is 1.86 bits per heavy atom. The van der Waals surface area contributed by atoms with Crippen molar-refractivity contribution in [2.45, 2.75) is 26.8 Å². The fourth-order valence-electron chi connectivity index (χ4n) is 1.91. The molecule has 1 aromatic heterocycles. The predicted octanol–water partition coefficient (Wildman–Crippen LogP) is -0.671. The number of aromatic hydroxyl groups is 1. The number of halogens is 1. The minimum absolute atomic E-state index is 0. The molecule has 1 aromatic carbocycles. The van der Waals surface area contributed by atoms with Crippen LogP contribution >= 0.6 is 0 Å². The number of carbonyl (C=O) groups is 1. The average molecular weight is 351 g/mol. The van der Waals surface area contributed by atoms with Crippen LogP contribution in [0.3, 0.4) is 0 Å². The normalized spacial score (nSPS) is 9.81. The van der Waals surface area contributed by atoms with Crippen molar-refractivity contribution in [2.24, 2.45) is 0 Å². The summed E-state index contributed by atoms with van der Waals surface area (Å²) in [7, 11) is 0. The first kappa shape index (κ1) is 17.2. The van der Waals surface area contributed by atoms with Crippen molar-refractivity contribution >= 4 is 11.6 Å². The zero-order chi connectivity index (χ0) is 14.5. The molecular weight excluding hydrogens is 332 g/mol. The van der Waals surface area contributed by atoms with E-state index in [1.807, 2.05) is 42.9 Å². The van der Waals surface area contributed by atoms with Crippen LogP contribution in [-0.2, 0) is 11.3 Å². The molecule has 1 heterocycles. The number of anilines is 1. The first-order valence-corrected chi connectivity index (χ1v) is 6.60. The third-order valence-electron chi connectivity index (χ3n) is 3.14. The van der Waals surface area contributed by atoms with Gasteiger partial charge < -0.3 is 27.4 Å². The number of aryl methyl sites for hydroxylation is 3. The van der Waals surface area contributed by atoms with Gasteiger partial charge in [0.2, 0.25) is 5.91 Å². The van der Waals surface area contributed by atoms with Gasteiger partial charge >= 0.3 is 0 Å². The summed E-state index contributed by atoms with van der Waals surface area (Å²) in [6, 6.07) is 8.94. The van der Waals surface area contributed by atoms with Crippen LogP contribution in [-0.4, -0.2) is 11.0 Å². The number of aromatic nitrogens is 1. The summed E-state index contributed by atoms with van der Waals surface area (Å²) in [4.78, 5) is 11.9. The molecule has 2 rings (SSSR count). The van der Waals surface area contributed by atoms with Crippen molar-refractivity contribution in [1.82, 2.24) is 0 Å². The highest BCUT2D eigenvalue weighted by atomic mass is 79.9. The van der Waals surface area contributed by atoms with E-state index in [9.17, 15) is 9.90 Å². The molecule has 0 saturated carbocycles. The van der Waals surface area contributed by atoms with Crippen LogP contribution < -0.4 is 26.9 Å². The number of nitrogens with zero attached hydrogens (tertiary/aromatic N) is 1. The van der Waals surface area contributed by atoms with E-state index in [4.69, 9.17) is 0 Å². The number of pyridine rings is 1. The zero-order valence-electron chi connectivity index (χ0n) is 12.1. The Balaban J connectivity index is 0.00000220. The van der Waals surface area contributed by atoms with Crippen LogP contribution in [0.1, 0.15) is 17.5 Å². The van der Waals surface area contributed by atoms with E-state index in [2.05, 4.69) is 5.32 Å². The van der Waals surface area contributed by atoms with Crippen molar-refractivity contribution < 1.29 is 31.4 Å². The summed E-state index contributed by atoms with van der Waals surface area (Å²) in [5.74, 6) is 0.169. The molecule has 0 aliphatic carbocycles. The molecule has 0 fully saturated rings. The highest BCUT2D eigenvalue weighted by molar-refractivity contribution is 5.91. The van der Waals surface area contributed by atoms with E-state index < -0.39 is 0 Å². The smallest absolute Gasteiger partial charge is 0.230 e. The highest BCUT2D eigenvalue weighted by Gasteiger charge is 2.08. The number of nitrogens with one attached hydrogen (secondary N) is 1. The van der Waals surface area contributed by atoms with Gasteiger partial charge in [0.15, 0.2) is 18.9 Å². The summed E-state index contributed by atoms with van der Waals surface area (Å²) in [6.45, 7) is 4.53. The van der Waals surface area contributed by atoms with Crippen LogP contribution in [0.25, 0.3) is 0 Å². The monoisotopic (exact) mass is 350 g/mol. The minimum Gasteiger partial charge on any atom is -1.00 e. The molecule has 2 aromatic rings. The summed E-state index contributed by atoms with van der Waals surface area (Å²) in [5.41, 5.74) is 2.79. The minimum atomic E-state index is -0.0353. The van der Waals surface area contributed by atoms with Gasteiger partial charge in [-0.3, -0.25) is 4.79 Å². The predicted molar refractivity (Wildman–Crippen MR) is 77.5 cm³/mol. The van der Waals surface area contributed by atoms with Crippen LogP contribution in [0, 0.1) is 13.8 Å². The molecule has 0 saturated heterocycles. The molecule has 0 aliphatic rings. The fourth-order valence-corrected chi connectivity index (χ4v) is 1.91. The largest absolute Gasteiger partial charge is 1.00 e. The molecule has 0 radical (unpaired) electrons. The van der Waals surface area contributed by atoms with Crippen LogP contribution in [0.15, 0.2) is 42.7 Å². The molecule has 2 N–H and O–H groups in total. The van der Waals surface area contributed by atoms with Crippen molar-refractivity contribution in [2.75, 3.05) is 5.32 Å². The Bertz CT molecular complexity index is 612. The third-order valence-corrected chi connectivity index (χ3v) is 3.14. The fraction of sp³-hybridized carbons (Fsp3) is 0.250. The van der Waals surface area contributed by atoms with Gasteiger partial charge in [-0.05, 0) is 43.2 Å². The van der Waals surface area contributed by atoms with Crippen molar-refractivity contribution in [3.05, 3.63) is 53.9 Å². The number of phenolic OH excluding ortho intramolecular Hbond substituents is 1. The van der Waals surface area contributed by atoms with E-state index in [1.54, 1.807) is 18.2 Å². The van der Waals surface area contributed by atoms with E-state index in [0.717, 1.165) is 11.3 Å². The molecule has 5 heteroatoms. The number of amides is 1. The maximum absolute atomic E-state index is 11.9. The Morgan fingerprint density at radius 3 is 2.48 bits per heavy atom. The molecule has 0 unspecified atom stereocenters. The van der Waals surface area contributed by atoms with Gasteiger partial charge in [0.1, 0.15) is 5.75 Å². The standard InChI is InChI=1S/C16H18N2O2.BrH/c1-12-5-8-18(9-6-12)10-7-16(20)17-15-4-3-14(19)11-13(15)2;/h3-6,8-9,11H,7,10H2,1-2H3,(H-,17,19,20);1H. The second-order valence-corrected chi connectivity index (χ2v) is 4.91. The van der Waals surface area contributed by atoms with Gasteiger partial charge in [-0.2, -0.15) is 0 Å². The lowest BCUT2D eigenvalue weighted by Gasteiger charge is -2.07. The second-order valence-electron chi connectivity index (χ2n) is 4.91. The lowest BCUT2D eigenvalue weighted by atomic mass is 10.2. The molecule has 21 heavy (non-hydrogen) atoms. The van der Waals surface area contributed by atoms with Crippen LogP contribution in [0.5, 0.6) is 5.75 Å². The summed E-state index contributed by atoms with van der Waals surface area (Å²) >= 11 is 0. The van der Waals surface area contributed by atoms with E-state index in [1.165, 1.54) is 5.56 Å². The van der Waals surface area contributed by atoms with Crippen LogP contribution in [0.2, 0.25) is 0 Å². The molecule has 4 nitrogen and oxygen atoms in total. The SMILES string of the molecule is Cc1cc[n+](CCC(=O)Nc2ccc(O)cc2C)cc1.[Br-]. The van der Waals surface area contributed by atoms with E-state index >= 15 is 0 Å². The first-order chi connectivity index (χ1) is 9.54. The van der Waals surface area contributed by atoms with Gasteiger partial charge in [0.25, 0.3) is 0 Å². The summed E-state index contributed by atoms with van der Waals surface area (Å²) in [5, 5.41) is 12.2. The summed E-state index contributed by atoms with van der Waals surface area (Å²) < 4.78 is 1.98. The topological polar surface area (TPSA) is 53.2 Å². The number of benzene rings is 1. The van der Waals surface area contributed by atoms with Crippen molar-refractivity contribution in [3.8, 4) is 5.75 Å². The number of carbonyl (C=O) groups excluding carboxylic acids is 1. The van der Waals surface area contributed by atoms with Gasteiger partial charge in [0, 0.05) is 17.8 Å². The number of phenols is 1. The Kier molecular flexibility index (Phi) is 6.37. The van der Waals surface area contributed by atoms with Crippen molar-refractivity contribution in [3.63, 3.8) is 0 Å². The molecule has 112 valence electrons. The Morgan fingerprint density at radius 1 is 1.19 bits per heavy atom. The van der Waals surface area contributed by atoms with E-state index in [-0.39, 0.29) is 28.6 Å². The molecule has 0 spiro atoms. The molecule has 1 amide bonds. The number of hydrogen-bond acceptors (Lipinski definition) is 2. The third kappa shape index (κ3) is 5.19. The van der Waals surface area contributed by atoms with Crippen molar-refractivity contribution in [1.29, 1.82) is 0 Å². The number of hydrogen-bond donors (Lipinski definition) is 2. The Hall–Kier alpha value is -1.88. The van der Waals surface area contributed by atoms with Crippen LogP contribution in [0.4, 0.5) is 5.69 Å². The maximum Gasteiger partial charge on any atom is 0.230 e. The highest BCUT2D eigenvalue weighted by Crippen LogP contribution is 2.20. The molecule has 0 aliphatic heterocycles. The molecular formula is C16H19BrN2O2.